The van der Waals surface area contributed by atoms with E-state index >= 15 is 0 Å². The van der Waals surface area contributed by atoms with Gasteiger partial charge in [0.2, 0.25) is 0 Å². The molecule has 2 aromatic rings. The van der Waals surface area contributed by atoms with Gasteiger partial charge in [0, 0.05) is 22.9 Å². The molecule has 2 rings (SSSR count). The monoisotopic (exact) mass is 341 g/mol. The van der Waals surface area contributed by atoms with E-state index in [2.05, 4.69) is 41.5 Å². The summed E-state index contributed by atoms with van der Waals surface area (Å²) in [6.45, 7) is 8.33. The van der Waals surface area contributed by atoms with Crippen molar-refractivity contribution in [2.24, 2.45) is 5.92 Å². The van der Waals surface area contributed by atoms with Gasteiger partial charge in [0.15, 0.2) is 4.34 Å². The highest BCUT2D eigenvalue weighted by Gasteiger charge is 2.09. The highest BCUT2D eigenvalue weighted by atomic mass is 35.5. The van der Waals surface area contributed by atoms with Gasteiger partial charge in [-0.05, 0) is 41.7 Å². The molecule has 0 unspecified atom stereocenters. The molecule has 6 heteroatoms. The molecule has 0 aliphatic rings. The zero-order valence-corrected chi connectivity index (χ0v) is 14.9. The second-order valence-electron chi connectivity index (χ2n) is 5.21. The SMILES string of the molecule is CCc1nsc(Sc2cc(Cl)ccc2CNCC(C)C)n1. The molecular formula is C15H20ClN3S2. The number of nitrogens with zero attached hydrogens (tertiary/aromatic N) is 2. The number of rotatable bonds is 7. The highest BCUT2D eigenvalue weighted by Crippen LogP contribution is 2.33. The molecule has 0 spiro atoms. The number of benzene rings is 1. The minimum atomic E-state index is 0.642. The second-order valence-corrected chi connectivity index (χ2v) is 7.69. The van der Waals surface area contributed by atoms with Crippen molar-refractivity contribution in [3.05, 3.63) is 34.6 Å². The molecule has 0 saturated heterocycles. The van der Waals surface area contributed by atoms with Crippen molar-refractivity contribution in [3.63, 3.8) is 0 Å². The molecule has 0 atom stereocenters. The van der Waals surface area contributed by atoms with E-state index < -0.39 is 0 Å². The Balaban J connectivity index is 2.10. The van der Waals surface area contributed by atoms with Gasteiger partial charge in [-0.25, -0.2) is 4.98 Å². The van der Waals surface area contributed by atoms with Gasteiger partial charge in [0.25, 0.3) is 0 Å². The zero-order valence-electron chi connectivity index (χ0n) is 12.5. The first-order valence-corrected chi connectivity index (χ1v) is 9.04. The van der Waals surface area contributed by atoms with Crippen molar-refractivity contribution in [3.8, 4) is 0 Å². The van der Waals surface area contributed by atoms with Crippen LogP contribution in [0.2, 0.25) is 5.02 Å². The Labute approximate surface area is 139 Å². The van der Waals surface area contributed by atoms with Crippen molar-refractivity contribution >= 4 is 34.9 Å². The summed E-state index contributed by atoms with van der Waals surface area (Å²) >= 11 is 9.23. The third-order valence-corrected chi connectivity index (χ3v) is 4.98. The summed E-state index contributed by atoms with van der Waals surface area (Å²) in [6, 6.07) is 6.03. The molecule has 0 fully saturated rings. The van der Waals surface area contributed by atoms with Crippen LogP contribution in [0, 0.1) is 5.92 Å². The van der Waals surface area contributed by atoms with Gasteiger partial charge in [0.05, 0.1) is 0 Å². The van der Waals surface area contributed by atoms with Crippen LogP contribution in [0.4, 0.5) is 0 Å². The maximum absolute atomic E-state index is 6.13. The number of hydrogen-bond acceptors (Lipinski definition) is 5. The van der Waals surface area contributed by atoms with E-state index in [1.807, 2.05) is 12.1 Å². The summed E-state index contributed by atoms with van der Waals surface area (Å²) in [6.07, 6.45) is 0.870. The summed E-state index contributed by atoms with van der Waals surface area (Å²) in [7, 11) is 0. The lowest BCUT2D eigenvalue weighted by atomic mass is 10.2. The van der Waals surface area contributed by atoms with Gasteiger partial charge in [-0.2, -0.15) is 4.37 Å². The van der Waals surface area contributed by atoms with Crippen molar-refractivity contribution in [1.29, 1.82) is 0 Å². The summed E-state index contributed by atoms with van der Waals surface area (Å²) in [5, 5.41) is 4.23. The number of nitrogens with one attached hydrogen (secondary N) is 1. The Kier molecular flexibility index (Phi) is 6.48. The maximum Gasteiger partial charge on any atom is 0.174 e. The van der Waals surface area contributed by atoms with Crippen LogP contribution in [-0.2, 0) is 13.0 Å². The van der Waals surface area contributed by atoms with Crippen molar-refractivity contribution in [1.82, 2.24) is 14.7 Å². The van der Waals surface area contributed by atoms with Crippen LogP contribution < -0.4 is 5.32 Å². The first-order chi connectivity index (χ1) is 10.1. The summed E-state index contributed by atoms with van der Waals surface area (Å²) < 4.78 is 5.30. The molecule has 0 radical (unpaired) electrons. The Morgan fingerprint density at radius 1 is 1.38 bits per heavy atom. The lowest BCUT2D eigenvalue weighted by Crippen LogP contribution is -2.19. The van der Waals surface area contributed by atoms with E-state index in [0.717, 1.165) is 39.6 Å². The molecule has 0 aliphatic carbocycles. The largest absolute Gasteiger partial charge is 0.312 e. The summed E-state index contributed by atoms with van der Waals surface area (Å²) in [5.41, 5.74) is 1.25. The molecule has 1 N–H and O–H groups in total. The molecule has 1 aromatic carbocycles. The smallest absolute Gasteiger partial charge is 0.174 e. The van der Waals surface area contributed by atoms with Gasteiger partial charge >= 0.3 is 0 Å². The molecule has 0 aliphatic heterocycles. The summed E-state index contributed by atoms with van der Waals surface area (Å²) in [5.74, 6) is 1.55. The Hall–Kier alpha value is -0.620. The van der Waals surface area contributed by atoms with Crippen LogP contribution in [0.15, 0.2) is 27.4 Å². The predicted molar refractivity (Wildman–Crippen MR) is 91.4 cm³/mol. The van der Waals surface area contributed by atoms with E-state index in [4.69, 9.17) is 11.6 Å². The number of halogens is 1. The Morgan fingerprint density at radius 2 is 2.19 bits per heavy atom. The van der Waals surface area contributed by atoms with Gasteiger partial charge in [0.1, 0.15) is 5.82 Å². The number of aromatic nitrogens is 2. The van der Waals surface area contributed by atoms with Gasteiger partial charge in [-0.15, -0.1) is 0 Å². The van der Waals surface area contributed by atoms with Gasteiger partial charge in [-0.3, -0.25) is 0 Å². The van der Waals surface area contributed by atoms with Gasteiger partial charge in [-0.1, -0.05) is 50.2 Å². The van der Waals surface area contributed by atoms with Crippen LogP contribution >= 0.6 is 34.9 Å². The average molecular weight is 342 g/mol. The molecular weight excluding hydrogens is 322 g/mol. The minimum Gasteiger partial charge on any atom is -0.312 e. The fourth-order valence-corrected chi connectivity index (χ4v) is 3.84. The van der Waals surface area contributed by atoms with Crippen LogP contribution in [-0.4, -0.2) is 15.9 Å². The lowest BCUT2D eigenvalue weighted by Gasteiger charge is -2.11. The van der Waals surface area contributed by atoms with Crippen molar-refractivity contribution < 1.29 is 0 Å². The van der Waals surface area contributed by atoms with Crippen LogP contribution in [0.3, 0.4) is 0 Å². The second kappa shape index (κ2) is 8.13. The predicted octanol–water partition coefficient (Wildman–Crippen LogP) is 4.65. The molecule has 21 heavy (non-hydrogen) atoms. The Morgan fingerprint density at radius 3 is 2.86 bits per heavy atom. The number of aryl methyl sites for hydroxylation is 1. The van der Waals surface area contributed by atoms with E-state index in [1.165, 1.54) is 17.1 Å². The van der Waals surface area contributed by atoms with E-state index in [1.54, 1.807) is 11.8 Å². The topological polar surface area (TPSA) is 37.8 Å². The first-order valence-electron chi connectivity index (χ1n) is 7.08. The third-order valence-electron chi connectivity index (χ3n) is 2.86. The van der Waals surface area contributed by atoms with Crippen molar-refractivity contribution in [2.45, 2.75) is 43.0 Å². The number of hydrogen-bond donors (Lipinski definition) is 1. The molecule has 0 saturated carbocycles. The fourth-order valence-electron chi connectivity index (χ4n) is 1.78. The molecule has 114 valence electrons. The summed E-state index contributed by atoms with van der Waals surface area (Å²) in [4.78, 5) is 5.66. The molecule has 3 nitrogen and oxygen atoms in total. The van der Waals surface area contributed by atoms with Crippen LogP contribution in [0.5, 0.6) is 0 Å². The van der Waals surface area contributed by atoms with Gasteiger partial charge < -0.3 is 5.32 Å². The molecule has 0 bridgehead atoms. The molecule has 1 aromatic heterocycles. The lowest BCUT2D eigenvalue weighted by molar-refractivity contribution is 0.550. The maximum atomic E-state index is 6.13. The van der Waals surface area contributed by atoms with Crippen LogP contribution in [0.1, 0.15) is 32.2 Å². The highest BCUT2D eigenvalue weighted by molar-refractivity contribution is 8.01. The van der Waals surface area contributed by atoms with E-state index in [0.29, 0.717) is 5.92 Å². The molecule has 1 heterocycles. The van der Waals surface area contributed by atoms with Crippen LogP contribution in [0.25, 0.3) is 0 Å². The fraction of sp³-hybridized carbons (Fsp3) is 0.467. The third kappa shape index (κ3) is 5.25. The molecule has 0 amide bonds. The van der Waals surface area contributed by atoms with E-state index in [9.17, 15) is 0 Å². The van der Waals surface area contributed by atoms with E-state index in [-0.39, 0.29) is 0 Å². The normalized spacial score (nSPS) is 11.3. The zero-order chi connectivity index (χ0) is 15.2. The quantitative estimate of drug-likeness (QED) is 0.795. The standard InChI is InChI=1S/C15H20ClN3S2/c1-4-14-18-15(21-19-14)20-13-7-12(16)6-5-11(13)9-17-8-10(2)3/h5-7,10,17H,4,8-9H2,1-3H3. The average Bonchev–Trinajstić information content (AvgIpc) is 2.88. The van der Waals surface area contributed by atoms with Crippen molar-refractivity contribution in [2.75, 3.05) is 6.54 Å². The minimum absolute atomic E-state index is 0.642. The first kappa shape index (κ1) is 16.7. The Bertz CT molecular complexity index is 584.